The van der Waals surface area contributed by atoms with E-state index in [1.807, 2.05) is 37.3 Å². The lowest BCUT2D eigenvalue weighted by Gasteiger charge is -2.00. The maximum atomic E-state index is 8.99. The van der Waals surface area contributed by atoms with Crippen molar-refractivity contribution in [2.45, 2.75) is 12.8 Å². The molecule has 0 aliphatic carbocycles. The highest BCUT2D eigenvalue weighted by Gasteiger charge is 2.11. The molecule has 0 fully saturated rings. The summed E-state index contributed by atoms with van der Waals surface area (Å²) in [6.45, 7) is 1.99. The van der Waals surface area contributed by atoms with Gasteiger partial charge in [0.1, 0.15) is 6.26 Å². The fourth-order valence-corrected chi connectivity index (χ4v) is 1.32. The van der Waals surface area contributed by atoms with E-state index in [0.29, 0.717) is 5.89 Å². The summed E-state index contributed by atoms with van der Waals surface area (Å²) < 4.78 is 5.35. The molecule has 1 unspecified atom stereocenters. The van der Waals surface area contributed by atoms with Crippen LogP contribution >= 0.6 is 0 Å². The summed E-state index contributed by atoms with van der Waals surface area (Å²) in [6.07, 6.45) is 1.60. The number of rotatable bonds is 3. The van der Waals surface area contributed by atoms with Gasteiger partial charge in [-0.15, -0.1) is 0 Å². The first-order valence-electron chi connectivity index (χ1n) is 4.93. The van der Waals surface area contributed by atoms with Crippen LogP contribution in [0.3, 0.4) is 0 Å². The maximum Gasteiger partial charge on any atom is 0.226 e. The summed E-state index contributed by atoms with van der Waals surface area (Å²) >= 11 is 0. The van der Waals surface area contributed by atoms with Gasteiger partial charge in [-0.3, -0.25) is 0 Å². The predicted octanol–water partition coefficient (Wildman–Crippen LogP) is 2.44. The molecule has 1 aromatic carbocycles. The second-order valence-corrected chi connectivity index (χ2v) is 3.53. The molecule has 0 aliphatic rings. The van der Waals surface area contributed by atoms with Crippen LogP contribution in [0.1, 0.15) is 18.5 Å². The van der Waals surface area contributed by atoms with Crippen LogP contribution in [0.4, 0.5) is 0 Å². The van der Waals surface area contributed by atoms with E-state index in [1.54, 1.807) is 6.26 Å². The Bertz CT molecular complexity index is 422. The molecular weight excluding hydrogens is 190 g/mol. The topological polar surface area (TPSA) is 46.3 Å². The molecule has 1 heterocycles. The molecule has 1 aromatic heterocycles. The van der Waals surface area contributed by atoms with E-state index in [1.165, 1.54) is 0 Å². The van der Waals surface area contributed by atoms with Crippen LogP contribution in [0, 0.1) is 0 Å². The summed E-state index contributed by atoms with van der Waals surface area (Å²) in [5.41, 5.74) is 1.74. The monoisotopic (exact) mass is 203 g/mol. The van der Waals surface area contributed by atoms with Crippen molar-refractivity contribution in [3.63, 3.8) is 0 Å². The van der Waals surface area contributed by atoms with Crippen LogP contribution in [0.5, 0.6) is 0 Å². The fraction of sp³-hybridized carbons (Fsp3) is 0.250. The van der Waals surface area contributed by atoms with Crippen LogP contribution < -0.4 is 0 Å². The summed E-state index contributed by atoms with van der Waals surface area (Å²) in [5, 5.41) is 8.99. The summed E-state index contributed by atoms with van der Waals surface area (Å²) in [5.74, 6) is 0.622. The third kappa shape index (κ3) is 2.07. The van der Waals surface area contributed by atoms with E-state index in [4.69, 9.17) is 9.52 Å². The van der Waals surface area contributed by atoms with Crippen LogP contribution in [-0.4, -0.2) is 16.7 Å². The molecule has 0 saturated carbocycles. The van der Waals surface area contributed by atoms with E-state index >= 15 is 0 Å². The molecule has 0 aliphatic heterocycles. The molecule has 0 amide bonds. The quantitative estimate of drug-likeness (QED) is 0.833. The van der Waals surface area contributed by atoms with Gasteiger partial charge >= 0.3 is 0 Å². The number of hydrogen-bond donors (Lipinski definition) is 1. The normalized spacial score (nSPS) is 12.7. The van der Waals surface area contributed by atoms with Crippen molar-refractivity contribution < 1.29 is 9.52 Å². The molecule has 1 atom stereocenters. The lowest BCUT2D eigenvalue weighted by Crippen LogP contribution is -1.98. The third-order valence-corrected chi connectivity index (χ3v) is 2.32. The molecule has 0 spiro atoms. The first-order valence-corrected chi connectivity index (χ1v) is 4.93. The van der Waals surface area contributed by atoms with Gasteiger partial charge in [0, 0.05) is 11.5 Å². The molecule has 0 bridgehead atoms. The Labute approximate surface area is 88.4 Å². The van der Waals surface area contributed by atoms with Crippen molar-refractivity contribution in [2.75, 3.05) is 6.61 Å². The zero-order chi connectivity index (χ0) is 10.7. The maximum absolute atomic E-state index is 8.99. The van der Waals surface area contributed by atoms with Crippen molar-refractivity contribution in [3.8, 4) is 11.5 Å². The van der Waals surface area contributed by atoms with Gasteiger partial charge in [0.05, 0.1) is 12.3 Å². The first-order chi connectivity index (χ1) is 7.31. The number of aliphatic hydroxyl groups is 1. The van der Waals surface area contributed by atoms with E-state index in [-0.39, 0.29) is 12.5 Å². The van der Waals surface area contributed by atoms with Gasteiger partial charge in [0.25, 0.3) is 0 Å². The lowest BCUT2D eigenvalue weighted by atomic mass is 10.1. The number of oxazole rings is 1. The molecule has 0 radical (unpaired) electrons. The van der Waals surface area contributed by atoms with Crippen molar-refractivity contribution in [1.29, 1.82) is 0 Å². The summed E-state index contributed by atoms with van der Waals surface area (Å²) in [7, 11) is 0. The molecular formula is C12H13NO2. The average molecular weight is 203 g/mol. The Balaban J connectivity index is 2.28. The Kier molecular flexibility index (Phi) is 2.83. The Morgan fingerprint density at radius 1 is 1.33 bits per heavy atom. The average Bonchev–Trinajstić information content (AvgIpc) is 2.78. The molecule has 3 nitrogen and oxygen atoms in total. The SMILES string of the molecule is CC(CO)c1coc(-c2ccccc2)n1. The van der Waals surface area contributed by atoms with Gasteiger partial charge in [-0.05, 0) is 12.1 Å². The minimum absolute atomic E-state index is 0.0196. The van der Waals surface area contributed by atoms with Crippen molar-refractivity contribution >= 4 is 0 Å². The Hall–Kier alpha value is -1.61. The Morgan fingerprint density at radius 2 is 2.07 bits per heavy atom. The third-order valence-electron chi connectivity index (χ3n) is 2.32. The minimum atomic E-state index is 0.0196. The van der Waals surface area contributed by atoms with Gasteiger partial charge in [-0.2, -0.15) is 0 Å². The highest BCUT2D eigenvalue weighted by atomic mass is 16.3. The summed E-state index contributed by atoms with van der Waals surface area (Å²) in [4.78, 5) is 4.32. The largest absolute Gasteiger partial charge is 0.444 e. The molecule has 2 aromatic rings. The lowest BCUT2D eigenvalue weighted by molar-refractivity contribution is 0.271. The Morgan fingerprint density at radius 3 is 2.73 bits per heavy atom. The van der Waals surface area contributed by atoms with E-state index in [9.17, 15) is 0 Å². The fourth-order valence-electron chi connectivity index (χ4n) is 1.32. The van der Waals surface area contributed by atoms with Gasteiger partial charge in [0.2, 0.25) is 5.89 Å². The van der Waals surface area contributed by atoms with E-state index in [2.05, 4.69) is 4.98 Å². The van der Waals surface area contributed by atoms with Crippen LogP contribution in [-0.2, 0) is 0 Å². The molecule has 0 saturated heterocycles. The van der Waals surface area contributed by atoms with Gasteiger partial charge in [-0.25, -0.2) is 4.98 Å². The number of nitrogens with zero attached hydrogens (tertiary/aromatic N) is 1. The number of benzene rings is 1. The molecule has 3 heteroatoms. The second-order valence-electron chi connectivity index (χ2n) is 3.53. The van der Waals surface area contributed by atoms with Crippen LogP contribution in [0.15, 0.2) is 41.0 Å². The highest BCUT2D eigenvalue weighted by molar-refractivity contribution is 5.52. The van der Waals surface area contributed by atoms with Crippen molar-refractivity contribution in [3.05, 3.63) is 42.3 Å². The molecule has 2 rings (SSSR count). The highest BCUT2D eigenvalue weighted by Crippen LogP contribution is 2.21. The van der Waals surface area contributed by atoms with Crippen LogP contribution in [0.25, 0.3) is 11.5 Å². The zero-order valence-electron chi connectivity index (χ0n) is 8.55. The summed E-state index contributed by atoms with van der Waals surface area (Å²) in [6, 6.07) is 9.71. The molecule has 1 N–H and O–H groups in total. The number of aromatic nitrogens is 1. The van der Waals surface area contributed by atoms with Crippen molar-refractivity contribution in [2.24, 2.45) is 0 Å². The van der Waals surface area contributed by atoms with Gasteiger partial charge in [-0.1, -0.05) is 25.1 Å². The van der Waals surface area contributed by atoms with E-state index in [0.717, 1.165) is 11.3 Å². The smallest absolute Gasteiger partial charge is 0.226 e. The first kappa shape index (κ1) is 9.93. The second kappa shape index (κ2) is 4.28. The molecule has 15 heavy (non-hydrogen) atoms. The van der Waals surface area contributed by atoms with Crippen LogP contribution in [0.2, 0.25) is 0 Å². The minimum Gasteiger partial charge on any atom is -0.444 e. The van der Waals surface area contributed by atoms with Gasteiger partial charge in [0.15, 0.2) is 0 Å². The van der Waals surface area contributed by atoms with E-state index < -0.39 is 0 Å². The van der Waals surface area contributed by atoms with Gasteiger partial charge < -0.3 is 9.52 Å². The number of hydrogen-bond acceptors (Lipinski definition) is 3. The van der Waals surface area contributed by atoms with Crippen molar-refractivity contribution in [1.82, 2.24) is 4.98 Å². The molecule has 78 valence electrons. The predicted molar refractivity (Wildman–Crippen MR) is 57.4 cm³/mol. The standard InChI is InChI=1S/C12H13NO2/c1-9(7-14)11-8-15-12(13-11)10-5-3-2-4-6-10/h2-6,8-9,14H,7H2,1H3. The zero-order valence-corrected chi connectivity index (χ0v) is 8.55. The number of aliphatic hydroxyl groups excluding tert-OH is 1.